The molecule has 0 spiro atoms. The minimum atomic E-state index is -4.50. The van der Waals surface area contributed by atoms with E-state index < -0.39 is 11.9 Å². The van der Waals surface area contributed by atoms with E-state index in [0.29, 0.717) is 19.7 Å². The average Bonchev–Trinajstić information content (AvgIpc) is 2.91. The van der Waals surface area contributed by atoms with Gasteiger partial charge in [0.25, 0.3) is 0 Å². The van der Waals surface area contributed by atoms with Gasteiger partial charge in [-0.3, -0.25) is 4.90 Å². The van der Waals surface area contributed by atoms with E-state index in [2.05, 4.69) is 14.9 Å². The lowest BCUT2D eigenvalue weighted by Gasteiger charge is -2.33. The fraction of sp³-hybridized carbons (Fsp3) is 0.714. The molecule has 23 heavy (non-hydrogen) atoms. The number of likely N-dealkylation sites (N-methyl/N-ethyl adjacent to an activating group) is 1. The third-order valence-corrected chi connectivity index (χ3v) is 4.31. The molecule has 2 unspecified atom stereocenters. The first-order valence-electron chi connectivity index (χ1n) is 7.46. The lowest BCUT2D eigenvalue weighted by atomic mass is 10.1. The fourth-order valence-electron chi connectivity index (χ4n) is 2.96. The molecule has 2 fully saturated rings. The van der Waals surface area contributed by atoms with Crippen molar-refractivity contribution in [2.24, 2.45) is 0 Å². The van der Waals surface area contributed by atoms with Crippen LogP contribution in [0, 0.1) is 0 Å². The fourth-order valence-corrected chi connectivity index (χ4v) is 2.96. The van der Waals surface area contributed by atoms with Crippen molar-refractivity contribution in [1.82, 2.24) is 14.9 Å². The molecular weight excluding hydrogens is 311 g/mol. The second-order valence-corrected chi connectivity index (χ2v) is 6.17. The van der Waals surface area contributed by atoms with E-state index >= 15 is 0 Å². The second kappa shape index (κ2) is 5.79. The maximum absolute atomic E-state index is 13.1. The van der Waals surface area contributed by atoms with Gasteiger partial charge in [-0.15, -0.1) is 0 Å². The van der Waals surface area contributed by atoms with Crippen LogP contribution in [0.2, 0.25) is 0 Å². The number of aromatic nitrogens is 2. The van der Waals surface area contributed by atoms with Crippen molar-refractivity contribution in [3.05, 3.63) is 11.8 Å². The standard InChI is InChI=1S/C14H20F3N5O/c1-20(2)12-6-11(14(15,16)17)18-13(19-12)22-7-9-10(8-22)23-5-4-21(9)3/h6,9-10H,4-5,7-8H2,1-3H3. The number of anilines is 2. The number of ether oxygens (including phenoxy) is 1. The molecule has 3 heterocycles. The summed E-state index contributed by atoms with van der Waals surface area (Å²) in [4.78, 5) is 13.5. The first-order valence-corrected chi connectivity index (χ1v) is 7.46. The monoisotopic (exact) mass is 331 g/mol. The van der Waals surface area contributed by atoms with Crippen LogP contribution in [0.4, 0.5) is 24.9 Å². The quantitative estimate of drug-likeness (QED) is 0.808. The third kappa shape index (κ3) is 3.20. The van der Waals surface area contributed by atoms with Crippen LogP contribution < -0.4 is 9.80 Å². The molecule has 2 aliphatic heterocycles. The highest BCUT2D eigenvalue weighted by Gasteiger charge is 2.41. The Morgan fingerprint density at radius 2 is 2.00 bits per heavy atom. The number of halogens is 3. The van der Waals surface area contributed by atoms with Crippen molar-refractivity contribution < 1.29 is 17.9 Å². The van der Waals surface area contributed by atoms with Gasteiger partial charge in [0.1, 0.15) is 5.82 Å². The van der Waals surface area contributed by atoms with Crippen LogP contribution >= 0.6 is 0 Å². The molecule has 2 saturated heterocycles. The first kappa shape index (κ1) is 16.3. The molecular formula is C14H20F3N5O. The number of alkyl halides is 3. The molecule has 0 N–H and O–H groups in total. The van der Waals surface area contributed by atoms with Crippen molar-refractivity contribution in [3.63, 3.8) is 0 Å². The third-order valence-electron chi connectivity index (χ3n) is 4.31. The van der Waals surface area contributed by atoms with E-state index in [1.165, 1.54) is 0 Å². The largest absolute Gasteiger partial charge is 0.433 e. The predicted molar refractivity (Wildman–Crippen MR) is 79.7 cm³/mol. The summed E-state index contributed by atoms with van der Waals surface area (Å²) in [5.41, 5.74) is -0.921. The van der Waals surface area contributed by atoms with Crippen LogP contribution in [0.15, 0.2) is 6.07 Å². The Morgan fingerprint density at radius 3 is 2.61 bits per heavy atom. The summed E-state index contributed by atoms with van der Waals surface area (Å²) in [5.74, 6) is 0.349. The molecule has 0 radical (unpaired) electrons. The number of nitrogens with zero attached hydrogens (tertiary/aromatic N) is 5. The Bertz CT molecular complexity index is 580. The van der Waals surface area contributed by atoms with E-state index in [1.807, 2.05) is 7.05 Å². The van der Waals surface area contributed by atoms with E-state index in [-0.39, 0.29) is 23.9 Å². The van der Waals surface area contributed by atoms with Gasteiger partial charge in [-0.05, 0) is 7.05 Å². The molecule has 0 saturated carbocycles. The average molecular weight is 331 g/mol. The van der Waals surface area contributed by atoms with Crippen LogP contribution in [0.3, 0.4) is 0 Å². The number of rotatable bonds is 2. The van der Waals surface area contributed by atoms with Gasteiger partial charge in [-0.2, -0.15) is 18.2 Å². The lowest BCUT2D eigenvalue weighted by Crippen LogP contribution is -2.48. The summed E-state index contributed by atoms with van der Waals surface area (Å²) in [7, 11) is 5.32. The van der Waals surface area contributed by atoms with Crippen LogP contribution in [0.5, 0.6) is 0 Å². The maximum Gasteiger partial charge on any atom is 0.433 e. The highest BCUT2D eigenvalue weighted by atomic mass is 19.4. The molecule has 0 bridgehead atoms. The molecule has 2 aliphatic rings. The van der Waals surface area contributed by atoms with Crippen molar-refractivity contribution >= 4 is 11.8 Å². The van der Waals surface area contributed by atoms with Crippen molar-refractivity contribution in [2.45, 2.75) is 18.3 Å². The van der Waals surface area contributed by atoms with E-state index in [9.17, 15) is 13.2 Å². The molecule has 9 heteroatoms. The molecule has 6 nitrogen and oxygen atoms in total. The Balaban J connectivity index is 1.92. The molecule has 0 aliphatic carbocycles. The predicted octanol–water partition coefficient (Wildman–Crippen LogP) is 1.08. The Hall–Kier alpha value is -1.61. The minimum Gasteiger partial charge on any atom is -0.373 e. The Morgan fingerprint density at radius 1 is 1.26 bits per heavy atom. The van der Waals surface area contributed by atoms with Gasteiger partial charge >= 0.3 is 6.18 Å². The van der Waals surface area contributed by atoms with Gasteiger partial charge < -0.3 is 14.5 Å². The smallest absolute Gasteiger partial charge is 0.373 e. The second-order valence-electron chi connectivity index (χ2n) is 6.17. The number of hydrogen-bond acceptors (Lipinski definition) is 6. The van der Waals surface area contributed by atoms with Gasteiger partial charge in [0.2, 0.25) is 5.95 Å². The summed E-state index contributed by atoms with van der Waals surface area (Å²) in [6.07, 6.45) is -4.52. The summed E-state index contributed by atoms with van der Waals surface area (Å²) in [6, 6.07) is 1.12. The van der Waals surface area contributed by atoms with Crippen molar-refractivity contribution in [2.75, 3.05) is 57.2 Å². The topological polar surface area (TPSA) is 44.7 Å². The zero-order valence-corrected chi connectivity index (χ0v) is 13.3. The lowest BCUT2D eigenvalue weighted by molar-refractivity contribution is -0.141. The first-order chi connectivity index (χ1) is 10.8. The molecule has 3 rings (SSSR count). The van der Waals surface area contributed by atoms with E-state index in [4.69, 9.17) is 4.74 Å². The maximum atomic E-state index is 13.1. The summed E-state index contributed by atoms with van der Waals surface area (Å²) < 4.78 is 45.0. The number of hydrogen-bond donors (Lipinski definition) is 0. The van der Waals surface area contributed by atoms with E-state index in [0.717, 1.165) is 12.6 Å². The zero-order chi connectivity index (χ0) is 16.8. The molecule has 128 valence electrons. The summed E-state index contributed by atoms with van der Waals surface area (Å²) in [5, 5.41) is 0. The van der Waals surface area contributed by atoms with Gasteiger partial charge in [-0.1, -0.05) is 0 Å². The Kier molecular flexibility index (Phi) is 4.09. The van der Waals surface area contributed by atoms with Crippen molar-refractivity contribution in [1.29, 1.82) is 0 Å². The van der Waals surface area contributed by atoms with E-state index in [1.54, 1.807) is 23.9 Å². The summed E-state index contributed by atoms with van der Waals surface area (Å²) >= 11 is 0. The van der Waals surface area contributed by atoms with Gasteiger partial charge in [0.05, 0.1) is 18.8 Å². The van der Waals surface area contributed by atoms with Crippen LogP contribution in [0.25, 0.3) is 0 Å². The van der Waals surface area contributed by atoms with Crippen LogP contribution in [-0.4, -0.2) is 74.4 Å². The van der Waals surface area contributed by atoms with Crippen LogP contribution in [0.1, 0.15) is 5.69 Å². The molecule has 2 atom stereocenters. The summed E-state index contributed by atoms with van der Waals surface area (Å²) in [6.45, 7) is 2.53. The van der Waals surface area contributed by atoms with Gasteiger partial charge in [0.15, 0.2) is 5.69 Å². The highest BCUT2D eigenvalue weighted by Crippen LogP contribution is 2.32. The van der Waals surface area contributed by atoms with Gasteiger partial charge in [-0.25, -0.2) is 4.98 Å². The SMILES string of the molecule is CN(C)c1cc(C(F)(F)F)nc(N2CC3OCCN(C)C3C2)n1. The zero-order valence-electron chi connectivity index (χ0n) is 13.3. The van der Waals surface area contributed by atoms with Crippen molar-refractivity contribution in [3.8, 4) is 0 Å². The molecule has 0 amide bonds. The minimum absolute atomic E-state index is 0.0188. The Labute approximate surface area is 132 Å². The number of morpholine rings is 1. The molecule has 1 aromatic rings. The highest BCUT2D eigenvalue weighted by molar-refractivity contribution is 5.46. The molecule has 0 aromatic carbocycles. The van der Waals surface area contributed by atoms with Gasteiger partial charge in [0, 0.05) is 39.8 Å². The molecule has 1 aromatic heterocycles. The number of fused-ring (bicyclic) bond motifs is 1. The normalized spacial score (nSPS) is 25.6. The van der Waals surface area contributed by atoms with Crippen LogP contribution in [-0.2, 0) is 10.9 Å².